The van der Waals surface area contributed by atoms with Crippen LogP contribution in [0.1, 0.15) is 26.3 Å². The van der Waals surface area contributed by atoms with Crippen LogP contribution in [0.15, 0.2) is 42.5 Å². The number of halogens is 1. The summed E-state index contributed by atoms with van der Waals surface area (Å²) in [7, 11) is 0. The molecule has 0 bridgehead atoms. The number of fused-ring (bicyclic) bond motifs is 1. The summed E-state index contributed by atoms with van der Waals surface area (Å²) in [6.45, 7) is 5.66. The van der Waals surface area contributed by atoms with Gasteiger partial charge in [0.15, 0.2) is 5.67 Å². The fourth-order valence-corrected chi connectivity index (χ4v) is 2.39. The maximum Gasteiger partial charge on any atom is 0.153 e. The fourth-order valence-electron chi connectivity index (χ4n) is 2.39. The van der Waals surface area contributed by atoms with Gasteiger partial charge in [-0.25, -0.2) is 4.39 Å². The Hall–Kier alpha value is -1.41. The molecular weight excluding hydrogens is 225 g/mol. The molecular formula is C16H20FN. The molecule has 2 N–H and O–H groups in total. The van der Waals surface area contributed by atoms with Crippen molar-refractivity contribution in [1.82, 2.24) is 0 Å². The summed E-state index contributed by atoms with van der Waals surface area (Å²) in [6, 6.07) is 13.6. The van der Waals surface area contributed by atoms with Gasteiger partial charge in [-0.3, -0.25) is 0 Å². The lowest BCUT2D eigenvalue weighted by Crippen LogP contribution is -2.42. The Kier molecular flexibility index (Phi) is 3.16. The summed E-state index contributed by atoms with van der Waals surface area (Å²) in [5, 5.41) is 2.00. The van der Waals surface area contributed by atoms with Crippen LogP contribution in [0.3, 0.4) is 0 Å². The van der Waals surface area contributed by atoms with Crippen molar-refractivity contribution in [3.05, 3.63) is 48.0 Å². The van der Waals surface area contributed by atoms with Crippen LogP contribution in [0.4, 0.5) is 4.39 Å². The smallest absolute Gasteiger partial charge is 0.153 e. The van der Waals surface area contributed by atoms with Gasteiger partial charge in [-0.1, -0.05) is 63.2 Å². The standard InChI is InChI=1S/C16H20FN/c1-15(2,3)16(17,11-18)14-10-6-8-12-7-4-5-9-13(12)14/h4-10H,11,18H2,1-3H3. The van der Waals surface area contributed by atoms with Crippen LogP contribution in [0.2, 0.25) is 0 Å². The van der Waals surface area contributed by atoms with Crippen molar-refractivity contribution in [2.75, 3.05) is 6.54 Å². The summed E-state index contributed by atoms with van der Waals surface area (Å²) in [6.07, 6.45) is 0. The minimum absolute atomic E-state index is 0.00942. The van der Waals surface area contributed by atoms with Crippen molar-refractivity contribution >= 4 is 10.8 Å². The lowest BCUT2D eigenvalue weighted by Gasteiger charge is -2.38. The van der Waals surface area contributed by atoms with Gasteiger partial charge in [0.25, 0.3) is 0 Å². The third-order valence-corrected chi connectivity index (χ3v) is 3.69. The molecule has 2 aromatic carbocycles. The first kappa shape index (κ1) is 13.0. The van der Waals surface area contributed by atoms with Crippen LogP contribution >= 0.6 is 0 Å². The average molecular weight is 245 g/mol. The summed E-state index contributed by atoms with van der Waals surface area (Å²) in [5.41, 5.74) is 4.38. The van der Waals surface area contributed by atoms with Gasteiger partial charge in [-0.15, -0.1) is 0 Å². The van der Waals surface area contributed by atoms with Gasteiger partial charge in [0.2, 0.25) is 0 Å². The zero-order valence-electron chi connectivity index (χ0n) is 11.2. The third kappa shape index (κ3) is 1.91. The van der Waals surface area contributed by atoms with Crippen LogP contribution in [0, 0.1) is 5.41 Å². The highest BCUT2D eigenvalue weighted by Crippen LogP contribution is 2.44. The Morgan fingerprint density at radius 2 is 1.61 bits per heavy atom. The second-order valence-electron chi connectivity index (χ2n) is 5.78. The second-order valence-corrected chi connectivity index (χ2v) is 5.78. The molecule has 0 aromatic heterocycles. The largest absolute Gasteiger partial charge is 0.327 e. The number of alkyl halides is 1. The number of nitrogens with two attached hydrogens (primary N) is 1. The molecule has 0 saturated carbocycles. The first-order valence-electron chi connectivity index (χ1n) is 6.27. The van der Waals surface area contributed by atoms with Crippen LogP contribution in [-0.2, 0) is 5.67 Å². The Labute approximate surface area is 108 Å². The number of hydrogen-bond donors (Lipinski definition) is 1. The van der Waals surface area contributed by atoms with Gasteiger partial charge in [0, 0.05) is 12.0 Å². The molecule has 0 aliphatic carbocycles. The molecule has 0 aliphatic rings. The van der Waals surface area contributed by atoms with Crippen molar-refractivity contribution in [2.45, 2.75) is 26.4 Å². The molecule has 18 heavy (non-hydrogen) atoms. The highest BCUT2D eigenvalue weighted by Gasteiger charge is 2.43. The summed E-state index contributed by atoms with van der Waals surface area (Å²) >= 11 is 0. The SMILES string of the molecule is CC(C)(C)C(F)(CN)c1cccc2ccccc12. The fraction of sp³-hybridized carbons (Fsp3) is 0.375. The summed E-state index contributed by atoms with van der Waals surface area (Å²) < 4.78 is 15.4. The van der Waals surface area contributed by atoms with Crippen molar-refractivity contribution in [1.29, 1.82) is 0 Å². The van der Waals surface area contributed by atoms with E-state index in [1.807, 2.05) is 63.2 Å². The second kappa shape index (κ2) is 4.36. The number of hydrogen-bond acceptors (Lipinski definition) is 1. The predicted octanol–water partition coefficient (Wildman–Crippen LogP) is 4.01. The quantitative estimate of drug-likeness (QED) is 0.850. The van der Waals surface area contributed by atoms with E-state index in [9.17, 15) is 0 Å². The van der Waals surface area contributed by atoms with Gasteiger partial charge in [-0.2, -0.15) is 0 Å². The lowest BCUT2D eigenvalue weighted by atomic mass is 9.72. The minimum Gasteiger partial charge on any atom is -0.327 e. The first-order chi connectivity index (χ1) is 8.40. The Morgan fingerprint density at radius 1 is 1.00 bits per heavy atom. The molecule has 2 heteroatoms. The molecule has 2 aromatic rings. The van der Waals surface area contributed by atoms with Crippen LogP contribution in [0.25, 0.3) is 10.8 Å². The average Bonchev–Trinajstić information content (AvgIpc) is 2.35. The summed E-state index contributed by atoms with van der Waals surface area (Å²) in [5.74, 6) is 0. The number of rotatable bonds is 2. The van der Waals surface area contributed by atoms with E-state index in [-0.39, 0.29) is 6.54 Å². The van der Waals surface area contributed by atoms with Gasteiger partial charge >= 0.3 is 0 Å². The summed E-state index contributed by atoms with van der Waals surface area (Å²) in [4.78, 5) is 0. The molecule has 0 spiro atoms. The van der Waals surface area contributed by atoms with E-state index in [0.717, 1.165) is 10.8 Å². The maximum absolute atomic E-state index is 15.4. The van der Waals surface area contributed by atoms with Crippen LogP contribution < -0.4 is 5.73 Å². The number of benzene rings is 2. The zero-order valence-corrected chi connectivity index (χ0v) is 11.2. The molecule has 1 atom stereocenters. The van der Waals surface area contributed by atoms with Gasteiger partial charge in [0.05, 0.1) is 0 Å². The van der Waals surface area contributed by atoms with Crippen LogP contribution in [0.5, 0.6) is 0 Å². The molecule has 0 fully saturated rings. The molecule has 0 aliphatic heterocycles. The monoisotopic (exact) mass is 245 g/mol. The maximum atomic E-state index is 15.4. The van der Waals surface area contributed by atoms with E-state index < -0.39 is 11.1 Å². The van der Waals surface area contributed by atoms with Gasteiger partial charge in [0.1, 0.15) is 0 Å². The molecule has 1 nitrogen and oxygen atoms in total. The zero-order chi connectivity index (χ0) is 13.4. The Balaban J connectivity index is 2.74. The minimum atomic E-state index is -1.52. The molecule has 0 radical (unpaired) electrons. The van der Waals surface area contributed by atoms with E-state index >= 15 is 4.39 Å². The molecule has 2 rings (SSSR count). The molecule has 96 valence electrons. The van der Waals surface area contributed by atoms with Crippen molar-refractivity contribution in [3.63, 3.8) is 0 Å². The van der Waals surface area contributed by atoms with E-state index in [1.165, 1.54) is 0 Å². The van der Waals surface area contributed by atoms with Crippen molar-refractivity contribution < 1.29 is 4.39 Å². The third-order valence-electron chi connectivity index (χ3n) is 3.69. The predicted molar refractivity (Wildman–Crippen MR) is 75.2 cm³/mol. The van der Waals surface area contributed by atoms with Gasteiger partial charge < -0.3 is 5.73 Å². The van der Waals surface area contributed by atoms with E-state index in [1.54, 1.807) is 0 Å². The molecule has 1 unspecified atom stereocenters. The highest BCUT2D eigenvalue weighted by molar-refractivity contribution is 5.86. The lowest BCUT2D eigenvalue weighted by molar-refractivity contribution is 0.0358. The topological polar surface area (TPSA) is 26.0 Å². The van der Waals surface area contributed by atoms with Gasteiger partial charge in [-0.05, 0) is 16.3 Å². The molecule has 0 saturated heterocycles. The molecule has 0 amide bonds. The molecule has 0 heterocycles. The van der Waals surface area contributed by atoms with E-state index in [4.69, 9.17) is 5.73 Å². The van der Waals surface area contributed by atoms with Crippen LogP contribution in [-0.4, -0.2) is 6.54 Å². The van der Waals surface area contributed by atoms with E-state index in [0.29, 0.717) is 5.56 Å². The Morgan fingerprint density at radius 3 is 2.22 bits per heavy atom. The highest BCUT2D eigenvalue weighted by atomic mass is 19.1. The normalized spacial score (nSPS) is 15.6. The Bertz CT molecular complexity index is 551. The van der Waals surface area contributed by atoms with E-state index in [2.05, 4.69) is 0 Å². The van der Waals surface area contributed by atoms with Crippen molar-refractivity contribution in [3.8, 4) is 0 Å². The first-order valence-corrected chi connectivity index (χ1v) is 6.27. The van der Waals surface area contributed by atoms with Crippen molar-refractivity contribution in [2.24, 2.45) is 11.1 Å².